The third kappa shape index (κ3) is 5.60. The summed E-state index contributed by atoms with van der Waals surface area (Å²) >= 11 is 0. The molecule has 1 unspecified atom stereocenters. The van der Waals surface area contributed by atoms with Crippen LogP contribution in [0, 0.1) is 11.6 Å². The van der Waals surface area contributed by atoms with Crippen molar-refractivity contribution in [1.82, 2.24) is 24.9 Å². The molecule has 2 heterocycles. The number of nitrogens with zero attached hydrogens (tertiary/aromatic N) is 4. The van der Waals surface area contributed by atoms with Crippen LogP contribution in [0.15, 0.2) is 18.3 Å². The fourth-order valence-electron chi connectivity index (χ4n) is 3.25. The summed E-state index contributed by atoms with van der Waals surface area (Å²) < 4.78 is 41.5. The highest BCUT2D eigenvalue weighted by Crippen LogP contribution is 2.25. The van der Waals surface area contributed by atoms with Crippen molar-refractivity contribution in [2.75, 3.05) is 32.5 Å². The maximum atomic E-state index is 14.6. The maximum Gasteiger partial charge on any atom is 0.336 e. The van der Waals surface area contributed by atoms with Crippen LogP contribution in [-0.2, 0) is 6.42 Å². The van der Waals surface area contributed by atoms with Gasteiger partial charge in [0.05, 0.1) is 11.9 Å². The van der Waals surface area contributed by atoms with Crippen molar-refractivity contribution < 1.29 is 23.4 Å². The summed E-state index contributed by atoms with van der Waals surface area (Å²) in [7, 11) is 1.74. The number of nitrogen functional groups attached to an aromatic ring is 1. The van der Waals surface area contributed by atoms with Gasteiger partial charge < -0.3 is 25.6 Å². The molecule has 0 aliphatic rings. The SMILES string of the molecule is CCCC(CCO)Oc1nc(N)c2ncc(Cc3cc(F)c(OCCNC)cc3F)n2n1. The van der Waals surface area contributed by atoms with E-state index >= 15 is 0 Å². The van der Waals surface area contributed by atoms with Gasteiger partial charge in [-0.1, -0.05) is 13.3 Å². The molecule has 0 radical (unpaired) electrons. The molecule has 0 saturated carbocycles. The van der Waals surface area contributed by atoms with E-state index in [0.717, 1.165) is 18.6 Å². The highest BCUT2D eigenvalue weighted by Gasteiger charge is 2.18. The lowest BCUT2D eigenvalue weighted by atomic mass is 10.1. The molecular weight excluding hydrogens is 422 g/mol. The summed E-state index contributed by atoms with van der Waals surface area (Å²) in [6.45, 7) is 2.70. The zero-order chi connectivity index (χ0) is 23.1. The number of imidazole rings is 1. The van der Waals surface area contributed by atoms with Gasteiger partial charge >= 0.3 is 6.01 Å². The van der Waals surface area contributed by atoms with Crippen molar-refractivity contribution in [3.05, 3.63) is 41.2 Å². The normalized spacial score (nSPS) is 12.3. The van der Waals surface area contributed by atoms with Crippen LogP contribution in [0.4, 0.5) is 14.6 Å². The molecule has 0 fully saturated rings. The lowest BCUT2D eigenvalue weighted by molar-refractivity contribution is 0.133. The monoisotopic (exact) mass is 450 g/mol. The number of benzene rings is 1. The Kier molecular flexibility index (Phi) is 8.12. The number of aromatic nitrogens is 4. The molecule has 4 N–H and O–H groups in total. The molecule has 0 bridgehead atoms. The van der Waals surface area contributed by atoms with Gasteiger partial charge in [-0.05, 0) is 25.1 Å². The van der Waals surface area contributed by atoms with Crippen LogP contribution in [0.1, 0.15) is 37.4 Å². The molecule has 0 aliphatic heterocycles. The van der Waals surface area contributed by atoms with Gasteiger partial charge in [-0.2, -0.15) is 4.98 Å². The number of likely N-dealkylation sites (N-methyl/N-ethyl adjacent to an activating group) is 1. The Morgan fingerprint density at radius 3 is 2.78 bits per heavy atom. The quantitative estimate of drug-likeness (QED) is 0.359. The number of halogens is 2. The van der Waals surface area contributed by atoms with Crippen molar-refractivity contribution in [2.45, 2.75) is 38.7 Å². The van der Waals surface area contributed by atoms with Crippen LogP contribution in [-0.4, -0.2) is 57.6 Å². The summed E-state index contributed by atoms with van der Waals surface area (Å²) in [5.74, 6) is -1.31. The van der Waals surface area contributed by atoms with E-state index in [4.69, 9.17) is 15.2 Å². The van der Waals surface area contributed by atoms with Gasteiger partial charge in [-0.3, -0.25) is 0 Å². The van der Waals surface area contributed by atoms with E-state index in [0.29, 0.717) is 25.1 Å². The molecule has 3 rings (SSSR count). The Hall–Kier alpha value is -3.05. The van der Waals surface area contributed by atoms with Gasteiger partial charge in [0.15, 0.2) is 23.0 Å². The molecule has 9 nitrogen and oxygen atoms in total. The summed E-state index contributed by atoms with van der Waals surface area (Å²) in [5.41, 5.74) is 6.89. The second kappa shape index (κ2) is 11.0. The zero-order valence-electron chi connectivity index (χ0n) is 18.1. The maximum absolute atomic E-state index is 14.6. The first-order chi connectivity index (χ1) is 15.5. The molecule has 0 aliphatic carbocycles. The predicted molar refractivity (Wildman–Crippen MR) is 115 cm³/mol. The predicted octanol–water partition coefficient (Wildman–Crippen LogP) is 2.10. The first-order valence-corrected chi connectivity index (χ1v) is 10.5. The lowest BCUT2D eigenvalue weighted by Gasteiger charge is -2.16. The minimum absolute atomic E-state index is 0.0195. The van der Waals surface area contributed by atoms with E-state index in [1.165, 1.54) is 10.7 Å². The third-order valence-electron chi connectivity index (χ3n) is 4.86. The number of anilines is 1. The van der Waals surface area contributed by atoms with Crippen LogP contribution in [0.25, 0.3) is 5.65 Å². The zero-order valence-corrected chi connectivity index (χ0v) is 18.1. The van der Waals surface area contributed by atoms with Gasteiger partial charge in [0, 0.05) is 32.1 Å². The fourth-order valence-corrected chi connectivity index (χ4v) is 3.25. The first kappa shape index (κ1) is 23.6. The number of nitrogens with two attached hydrogens (primary N) is 1. The molecular formula is C21H28F2N6O3. The highest BCUT2D eigenvalue weighted by atomic mass is 19.1. The second-order valence-electron chi connectivity index (χ2n) is 7.31. The highest BCUT2D eigenvalue weighted by molar-refractivity contribution is 5.59. The van der Waals surface area contributed by atoms with E-state index in [2.05, 4.69) is 20.4 Å². The minimum atomic E-state index is -0.657. The van der Waals surface area contributed by atoms with E-state index in [9.17, 15) is 13.9 Å². The second-order valence-corrected chi connectivity index (χ2v) is 7.31. The lowest BCUT2D eigenvalue weighted by Crippen LogP contribution is -2.20. The van der Waals surface area contributed by atoms with Gasteiger partial charge in [0.1, 0.15) is 18.5 Å². The van der Waals surface area contributed by atoms with Crippen molar-refractivity contribution in [3.63, 3.8) is 0 Å². The van der Waals surface area contributed by atoms with E-state index in [1.54, 1.807) is 7.05 Å². The van der Waals surface area contributed by atoms with Crippen molar-refractivity contribution in [1.29, 1.82) is 0 Å². The average Bonchev–Trinajstić information content (AvgIpc) is 3.15. The number of hydrogen-bond acceptors (Lipinski definition) is 8. The molecule has 11 heteroatoms. The number of hydrogen-bond donors (Lipinski definition) is 3. The van der Waals surface area contributed by atoms with Crippen LogP contribution < -0.4 is 20.5 Å². The van der Waals surface area contributed by atoms with Gasteiger partial charge in [-0.25, -0.2) is 18.3 Å². The molecule has 0 spiro atoms. The molecule has 1 atom stereocenters. The molecule has 0 amide bonds. The number of nitrogens with one attached hydrogen (secondary N) is 1. The Morgan fingerprint density at radius 1 is 1.25 bits per heavy atom. The molecule has 2 aromatic heterocycles. The summed E-state index contributed by atoms with van der Waals surface area (Å²) in [6, 6.07) is 2.16. The average molecular weight is 450 g/mol. The van der Waals surface area contributed by atoms with Gasteiger partial charge in [0.2, 0.25) is 0 Å². The number of aliphatic hydroxyl groups excluding tert-OH is 1. The Balaban J connectivity index is 1.86. The topological polar surface area (TPSA) is 120 Å². The number of aliphatic hydroxyl groups is 1. The summed E-state index contributed by atoms with van der Waals surface area (Å²) in [5, 5.41) is 16.4. The fraction of sp³-hybridized carbons (Fsp3) is 0.476. The van der Waals surface area contributed by atoms with Crippen molar-refractivity contribution >= 4 is 11.5 Å². The largest absolute Gasteiger partial charge is 0.489 e. The molecule has 174 valence electrons. The van der Waals surface area contributed by atoms with Gasteiger partial charge in [-0.15, -0.1) is 5.10 Å². The first-order valence-electron chi connectivity index (χ1n) is 10.5. The summed E-state index contributed by atoms with van der Waals surface area (Å²) in [4.78, 5) is 8.32. The van der Waals surface area contributed by atoms with Crippen LogP contribution >= 0.6 is 0 Å². The molecule has 1 aromatic carbocycles. The molecule has 3 aromatic rings. The van der Waals surface area contributed by atoms with E-state index in [1.807, 2.05) is 6.92 Å². The number of ether oxygens (including phenoxy) is 2. The van der Waals surface area contributed by atoms with E-state index < -0.39 is 11.6 Å². The summed E-state index contributed by atoms with van der Waals surface area (Å²) in [6.07, 6.45) is 3.24. The Bertz CT molecular complexity index is 1040. The van der Waals surface area contributed by atoms with Gasteiger partial charge in [0.25, 0.3) is 0 Å². The molecule has 0 saturated heterocycles. The van der Waals surface area contributed by atoms with Crippen molar-refractivity contribution in [2.24, 2.45) is 0 Å². The standard InChI is InChI=1S/C21H28F2N6O3/c1-3-4-15(5-7-30)32-21-27-19(24)20-26-12-14(29(20)28-21)9-13-10-17(23)18(11-16(13)22)31-8-6-25-2/h10-12,15,25,30H,3-9H2,1-2H3,(H2,24,27,28). The Labute approximate surface area is 184 Å². The van der Waals surface area contributed by atoms with Crippen LogP contribution in [0.2, 0.25) is 0 Å². The third-order valence-corrected chi connectivity index (χ3v) is 4.86. The number of rotatable bonds is 12. The van der Waals surface area contributed by atoms with E-state index in [-0.39, 0.29) is 54.5 Å². The van der Waals surface area contributed by atoms with Crippen LogP contribution in [0.3, 0.4) is 0 Å². The smallest absolute Gasteiger partial charge is 0.336 e. The minimum Gasteiger partial charge on any atom is -0.489 e. The van der Waals surface area contributed by atoms with Crippen LogP contribution in [0.5, 0.6) is 11.8 Å². The number of fused-ring (bicyclic) bond motifs is 1. The Morgan fingerprint density at radius 2 is 2.06 bits per heavy atom. The van der Waals surface area contributed by atoms with Crippen molar-refractivity contribution in [3.8, 4) is 11.8 Å². The molecule has 32 heavy (non-hydrogen) atoms.